The second-order valence-electron chi connectivity index (χ2n) is 9.19. The number of thiazole rings is 1. The molecule has 5 N–H and O–H groups in total. The molecule has 1 aliphatic rings. The number of aromatic nitrogens is 3. The SMILES string of the molecule is Cc1nc(NCc2cccs2)nc(N[C@@]2(O)CC[C@H](CNS(C)(=O)=O)[C@H]2O)c1-c1nc2ccccc2s1. The van der Waals surface area contributed by atoms with E-state index in [2.05, 4.69) is 25.3 Å². The van der Waals surface area contributed by atoms with Crippen molar-refractivity contribution in [2.24, 2.45) is 5.92 Å². The van der Waals surface area contributed by atoms with Crippen LogP contribution in [0, 0.1) is 12.8 Å². The molecule has 10 nitrogen and oxygen atoms in total. The summed E-state index contributed by atoms with van der Waals surface area (Å²) in [6.45, 7) is 2.44. The first kappa shape index (κ1) is 25.9. The number of para-hydroxylation sites is 1. The molecule has 5 rings (SSSR count). The fraction of sp³-hybridized carbons (Fsp3) is 0.375. The van der Waals surface area contributed by atoms with Crippen LogP contribution in [0.25, 0.3) is 20.8 Å². The molecule has 3 heterocycles. The molecule has 0 aliphatic heterocycles. The fourth-order valence-corrected chi connectivity index (χ4v) is 6.70. The molecule has 1 aromatic carbocycles. The summed E-state index contributed by atoms with van der Waals surface area (Å²) in [7, 11) is -3.42. The number of rotatable bonds is 9. The van der Waals surface area contributed by atoms with Crippen LogP contribution >= 0.6 is 22.7 Å². The number of aliphatic hydroxyl groups is 2. The third kappa shape index (κ3) is 5.76. The topological polar surface area (TPSA) is 149 Å². The van der Waals surface area contributed by atoms with E-state index in [-0.39, 0.29) is 13.0 Å². The number of hydrogen-bond donors (Lipinski definition) is 5. The number of sulfonamides is 1. The Hall–Kier alpha value is -2.68. The molecule has 3 aromatic heterocycles. The minimum absolute atomic E-state index is 0.0329. The van der Waals surface area contributed by atoms with E-state index >= 15 is 0 Å². The molecular weight excluding hydrogens is 533 g/mol. The minimum atomic E-state index is -3.42. The summed E-state index contributed by atoms with van der Waals surface area (Å²) >= 11 is 3.12. The van der Waals surface area contributed by atoms with E-state index in [0.29, 0.717) is 41.0 Å². The Morgan fingerprint density at radius 3 is 2.70 bits per heavy atom. The van der Waals surface area contributed by atoms with Crippen LogP contribution in [0.15, 0.2) is 41.8 Å². The van der Waals surface area contributed by atoms with Gasteiger partial charge in [-0.05, 0) is 43.3 Å². The van der Waals surface area contributed by atoms with Crippen LogP contribution in [0.2, 0.25) is 0 Å². The first-order valence-corrected chi connectivity index (χ1v) is 15.3. The molecule has 0 amide bonds. The van der Waals surface area contributed by atoms with Crippen LogP contribution in [-0.2, 0) is 16.6 Å². The van der Waals surface area contributed by atoms with E-state index in [0.717, 1.165) is 21.3 Å². The normalized spacial score (nSPS) is 21.9. The lowest BCUT2D eigenvalue weighted by molar-refractivity contribution is -0.0463. The summed E-state index contributed by atoms with van der Waals surface area (Å²) in [5, 5.41) is 31.5. The Labute approximate surface area is 222 Å². The summed E-state index contributed by atoms with van der Waals surface area (Å²) in [6, 6.07) is 11.8. The molecule has 4 aromatic rings. The van der Waals surface area contributed by atoms with E-state index in [1.165, 1.54) is 11.3 Å². The highest BCUT2D eigenvalue weighted by Crippen LogP contribution is 2.40. The van der Waals surface area contributed by atoms with E-state index < -0.39 is 27.8 Å². The number of nitrogens with zero attached hydrogens (tertiary/aromatic N) is 3. The molecule has 0 unspecified atom stereocenters. The monoisotopic (exact) mass is 560 g/mol. The van der Waals surface area contributed by atoms with Crippen molar-refractivity contribution in [1.82, 2.24) is 19.7 Å². The molecule has 1 saturated carbocycles. The van der Waals surface area contributed by atoms with Crippen LogP contribution in [0.1, 0.15) is 23.4 Å². The third-order valence-electron chi connectivity index (χ3n) is 6.37. The summed E-state index contributed by atoms with van der Waals surface area (Å²) in [4.78, 5) is 15.2. The highest BCUT2D eigenvalue weighted by atomic mass is 32.2. The Morgan fingerprint density at radius 2 is 1.97 bits per heavy atom. The fourth-order valence-electron chi connectivity index (χ4n) is 4.47. The summed E-state index contributed by atoms with van der Waals surface area (Å²) < 4.78 is 26.5. The van der Waals surface area contributed by atoms with Crippen molar-refractivity contribution in [1.29, 1.82) is 0 Å². The lowest BCUT2D eigenvalue weighted by atomic mass is 10.0. The van der Waals surface area contributed by atoms with Gasteiger partial charge in [0.25, 0.3) is 0 Å². The van der Waals surface area contributed by atoms with Gasteiger partial charge in [-0.2, -0.15) is 4.98 Å². The Balaban J connectivity index is 1.49. The van der Waals surface area contributed by atoms with Gasteiger partial charge in [0.05, 0.1) is 34.3 Å². The van der Waals surface area contributed by atoms with E-state index in [9.17, 15) is 18.6 Å². The Kier molecular flexibility index (Phi) is 7.18. The van der Waals surface area contributed by atoms with Crippen molar-refractivity contribution in [3.05, 3.63) is 52.3 Å². The molecule has 0 bridgehead atoms. The molecule has 0 spiro atoms. The lowest BCUT2D eigenvalue weighted by Crippen LogP contribution is -2.49. The first-order chi connectivity index (χ1) is 17.6. The number of thiophene rings is 1. The van der Waals surface area contributed by atoms with Crippen LogP contribution in [-0.4, -0.2) is 58.2 Å². The maximum Gasteiger partial charge on any atom is 0.225 e. The highest BCUT2D eigenvalue weighted by molar-refractivity contribution is 7.88. The number of aliphatic hydroxyl groups excluding tert-OH is 1. The van der Waals surface area contributed by atoms with Gasteiger partial charge in [0.2, 0.25) is 16.0 Å². The van der Waals surface area contributed by atoms with Crippen LogP contribution in [0.4, 0.5) is 11.8 Å². The molecule has 1 fully saturated rings. The van der Waals surface area contributed by atoms with Crippen molar-refractivity contribution in [3.63, 3.8) is 0 Å². The lowest BCUT2D eigenvalue weighted by Gasteiger charge is -2.31. The maximum atomic E-state index is 11.5. The summed E-state index contributed by atoms with van der Waals surface area (Å²) in [6.07, 6.45) is 0.488. The molecule has 3 atom stereocenters. The third-order valence-corrected chi connectivity index (χ3v) is 8.99. The van der Waals surface area contributed by atoms with Gasteiger partial charge in [-0.3, -0.25) is 0 Å². The second-order valence-corrected chi connectivity index (χ2v) is 13.1. The smallest absolute Gasteiger partial charge is 0.225 e. The zero-order chi connectivity index (χ0) is 26.2. The number of hydrogen-bond acceptors (Lipinski definition) is 11. The average Bonchev–Trinajstić information content (AvgIpc) is 3.56. The quantitative estimate of drug-likeness (QED) is 0.195. The van der Waals surface area contributed by atoms with Crippen molar-refractivity contribution in [2.45, 2.75) is 38.1 Å². The van der Waals surface area contributed by atoms with Crippen LogP contribution in [0.5, 0.6) is 0 Å². The van der Waals surface area contributed by atoms with Crippen LogP contribution in [0.3, 0.4) is 0 Å². The molecule has 0 saturated heterocycles. The number of nitrogens with one attached hydrogen (secondary N) is 3. The van der Waals surface area contributed by atoms with Gasteiger partial charge in [0.1, 0.15) is 16.9 Å². The number of benzene rings is 1. The van der Waals surface area contributed by atoms with Crippen LogP contribution < -0.4 is 15.4 Å². The van der Waals surface area contributed by atoms with E-state index in [4.69, 9.17) is 4.98 Å². The van der Waals surface area contributed by atoms with Crippen molar-refractivity contribution >= 4 is 54.7 Å². The minimum Gasteiger partial charge on any atom is -0.388 e. The maximum absolute atomic E-state index is 11.5. The summed E-state index contributed by atoms with van der Waals surface area (Å²) in [5.74, 6) is 0.264. The van der Waals surface area contributed by atoms with Gasteiger partial charge < -0.3 is 20.8 Å². The van der Waals surface area contributed by atoms with Crippen molar-refractivity contribution in [3.8, 4) is 10.6 Å². The number of aryl methyl sites for hydroxylation is 1. The predicted molar refractivity (Wildman–Crippen MR) is 147 cm³/mol. The average molecular weight is 561 g/mol. The zero-order valence-electron chi connectivity index (χ0n) is 20.3. The van der Waals surface area contributed by atoms with E-state index in [1.54, 1.807) is 11.3 Å². The van der Waals surface area contributed by atoms with Crippen molar-refractivity contribution < 1.29 is 18.6 Å². The number of anilines is 2. The largest absolute Gasteiger partial charge is 0.388 e. The summed E-state index contributed by atoms with van der Waals surface area (Å²) in [5.41, 5.74) is 0.443. The van der Waals surface area contributed by atoms with Gasteiger partial charge in [0, 0.05) is 17.3 Å². The van der Waals surface area contributed by atoms with Gasteiger partial charge in [-0.15, -0.1) is 22.7 Å². The molecule has 37 heavy (non-hydrogen) atoms. The van der Waals surface area contributed by atoms with Gasteiger partial charge in [0.15, 0.2) is 5.72 Å². The standard InChI is InChI=1S/C24H28N6O4S3/c1-14-19(22-28-17-7-3-4-8-18(17)36-22)21(29-23(27-14)25-13-16-6-5-11-35-16)30-24(32)10-9-15(20(24)31)12-26-37(2,33)34/h3-8,11,15,20,26,31-32H,9-10,12-13H2,1-2H3,(H2,25,27,29,30)/t15-,20-,24-/m1/s1. The molecule has 1 aliphatic carbocycles. The van der Waals surface area contributed by atoms with Gasteiger partial charge in [-0.1, -0.05) is 18.2 Å². The Morgan fingerprint density at radius 1 is 1.16 bits per heavy atom. The number of fused-ring (bicyclic) bond motifs is 1. The molecule has 0 radical (unpaired) electrons. The Bertz CT molecular complexity index is 1480. The molecular formula is C24H28N6O4S3. The second kappa shape index (κ2) is 10.2. The van der Waals surface area contributed by atoms with Gasteiger partial charge in [-0.25, -0.2) is 23.1 Å². The first-order valence-electron chi connectivity index (χ1n) is 11.8. The molecule has 196 valence electrons. The molecule has 13 heteroatoms. The predicted octanol–water partition coefficient (Wildman–Crippen LogP) is 3.16. The zero-order valence-corrected chi connectivity index (χ0v) is 22.8. The van der Waals surface area contributed by atoms with Gasteiger partial charge >= 0.3 is 0 Å². The van der Waals surface area contributed by atoms with Crippen molar-refractivity contribution in [2.75, 3.05) is 23.4 Å². The highest BCUT2D eigenvalue weighted by Gasteiger charge is 2.47. The van der Waals surface area contributed by atoms with E-state index in [1.807, 2.05) is 48.7 Å².